The summed E-state index contributed by atoms with van der Waals surface area (Å²) in [7, 11) is 1.57. The number of carbonyl (C=O) groups excluding carboxylic acids is 1. The summed E-state index contributed by atoms with van der Waals surface area (Å²) in [5.74, 6) is 0.530. The third-order valence-corrected chi connectivity index (χ3v) is 4.97. The predicted molar refractivity (Wildman–Crippen MR) is 111 cm³/mol. The summed E-state index contributed by atoms with van der Waals surface area (Å²) in [5, 5.41) is 2.95. The molecule has 158 valence electrons. The van der Waals surface area contributed by atoms with Gasteiger partial charge in [-0.3, -0.25) is 4.79 Å². The molecule has 1 amide bonds. The highest BCUT2D eigenvalue weighted by Crippen LogP contribution is 2.16. The van der Waals surface area contributed by atoms with Crippen LogP contribution in [-0.4, -0.2) is 58.9 Å². The Morgan fingerprint density at radius 3 is 2.55 bits per heavy atom. The van der Waals surface area contributed by atoms with Crippen LogP contribution in [0.5, 0.6) is 5.88 Å². The Morgan fingerprint density at radius 2 is 1.90 bits per heavy atom. The molecule has 8 nitrogen and oxygen atoms in total. The van der Waals surface area contributed by atoms with Crippen molar-refractivity contribution in [3.05, 3.63) is 34.6 Å². The first-order chi connectivity index (χ1) is 13.7. The fourth-order valence-electron chi connectivity index (χ4n) is 3.52. The summed E-state index contributed by atoms with van der Waals surface area (Å²) in [6.07, 6.45) is 1.37. The summed E-state index contributed by atoms with van der Waals surface area (Å²) >= 11 is 0. The second kappa shape index (κ2) is 8.82. The topological polar surface area (TPSA) is 85.7 Å². The zero-order valence-electron chi connectivity index (χ0n) is 17.6. The molecule has 0 saturated carbocycles. The van der Waals surface area contributed by atoms with E-state index in [-0.39, 0.29) is 17.7 Å². The van der Waals surface area contributed by atoms with Gasteiger partial charge < -0.3 is 24.3 Å². The predicted octanol–water partition coefficient (Wildman–Crippen LogP) is 2.39. The molecule has 0 atom stereocenters. The second-order valence-corrected chi connectivity index (χ2v) is 8.34. The standard InChI is InChI=1S/C21H30N4O4/c1-21(2,3)29-20(27)22-15-9-11-24(12-10-15)13-14-25-17-6-7-18(28-4)23-16(17)5-8-19(25)26/h5-8,15H,9-14H2,1-4H3,(H,22,27). The molecule has 2 aromatic heterocycles. The summed E-state index contributed by atoms with van der Waals surface area (Å²) in [5.41, 5.74) is 1.02. The summed E-state index contributed by atoms with van der Waals surface area (Å²) in [6.45, 7) is 8.67. The fraction of sp³-hybridized carbons (Fsp3) is 0.571. The maximum absolute atomic E-state index is 12.4. The quantitative estimate of drug-likeness (QED) is 0.827. The Kier molecular flexibility index (Phi) is 6.42. The van der Waals surface area contributed by atoms with Gasteiger partial charge in [-0.05, 0) is 45.7 Å². The van der Waals surface area contributed by atoms with Crippen LogP contribution in [0.25, 0.3) is 11.0 Å². The van der Waals surface area contributed by atoms with Gasteiger partial charge in [-0.15, -0.1) is 0 Å². The first kappa shape index (κ1) is 21.1. The van der Waals surface area contributed by atoms with Crippen LogP contribution in [0.4, 0.5) is 4.79 Å². The van der Waals surface area contributed by atoms with Gasteiger partial charge >= 0.3 is 6.09 Å². The number of hydrogen-bond acceptors (Lipinski definition) is 6. The van der Waals surface area contributed by atoms with Gasteiger partial charge in [0.05, 0.1) is 18.1 Å². The first-order valence-corrected chi connectivity index (χ1v) is 10.0. The number of amides is 1. The van der Waals surface area contributed by atoms with Crippen LogP contribution in [0.3, 0.4) is 0 Å². The lowest BCUT2D eigenvalue weighted by Gasteiger charge is -2.33. The Bertz CT molecular complexity index is 911. The highest BCUT2D eigenvalue weighted by atomic mass is 16.6. The Hall–Kier alpha value is -2.61. The van der Waals surface area contributed by atoms with E-state index in [0.717, 1.165) is 43.5 Å². The molecule has 1 saturated heterocycles. The molecule has 0 spiro atoms. The van der Waals surface area contributed by atoms with Gasteiger partial charge in [0.1, 0.15) is 5.60 Å². The van der Waals surface area contributed by atoms with Gasteiger partial charge in [0, 0.05) is 44.4 Å². The minimum atomic E-state index is -0.491. The Morgan fingerprint density at radius 1 is 1.17 bits per heavy atom. The van der Waals surface area contributed by atoms with Gasteiger partial charge in [-0.1, -0.05) is 0 Å². The Balaban J connectivity index is 1.55. The fourth-order valence-corrected chi connectivity index (χ4v) is 3.52. The highest BCUT2D eigenvalue weighted by Gasteiger charge is 2.23. The molecule has 1 aliphatic heterocycles. The van der Waals surface area contributed by atoms with Crippen LogP contribution in [0, 0.1) is 0 Å². The number of aromatic nitrogens is 2. The molecule has 0 radical (unpaired) electrons. The number of nitrogens with one attached hydrogen (secondary N) is 1. The molecule has 8 heteroatoms. The van der Waals surface area contributed by atoms with E-state index in [4.69, 9.17) is 9.47 Å². The molecule has 1 aliphatic rings. The molecule has 1 fully saturated rings. The van der Waals surface area contributed by atoms with E-state index in [0.29, 0.717) is 12.4 Å². The van der Waals surface area contributed by atoms with E-state index in [1.807, 2.05) is 26.8 Å². The van der Waals surface area contributed by atoms with Crippen molar-refractivity contribution in [2.45, 2.75) is 51.8 Å². The molecular formula is C21H30N4O4. The number of hydrogen-bond donors (Lipinski definition) is 1. The van der Waals surface area contributed by atoms with Crippen molar-refractivity contribution in [1.82, 2.24) is 19.8 Å². The third-order valence-electron chi connectivity index (χ3n) is 4.97. The number of ether oxygens (including phenoxy) is 2. The number of piperidine rings is 1. The van der Waals surface area contributed by atoms with Crippen molar-refractivity contribution in [2.24, 2.45) is 0 Å². The molecule has 0 bridgehead atoms. The molecule has 1 N–H and O–H groups in total. The van der Waals surface area contributed by atoms with Crippen LogP contribution in [0.15, 0.2) is 29.1 Å². The summed E-state index contributed by atoms with van der Waals surface area (Å²) in [6, 6.07) is 7.04. The van der Waals surface area contributed by atoms with Gasteiger partial charge in [0.15, 0.2) is 0 Å². The number of alkyl carbamates (subject to hydrolysis) is 1. The van der Waals surface area contributed by atoms with Crippen molar-refractivity contribution in [1.29, 1.82) is 0 Å². The number of likely N-dealkylation sites (tertiary alicyclic amines) is 1. The molecule has 0 aliphatic carbocycles. The molecule has 3 rings (SSSR count). The van der Waals surface area contributed by atoms with E-state index in [2.05, 4.69) is 15.2 Å². The van der Waals surface area contributed by atoms with E-state index in [9.17, 15) is 9.59 Å². The molecule has 0 aromatic carbocycles. The van der Waals surface area contributed by atoms with Crippen molar-refractivity contribution >= 4 is 17.1 Å². The number of nitrogens with zero attached hydrogens (tertiary/aromatic N) is 3. The van der Waals surface area contributed by atoms with Crippen LogP contribution < -0.4 is 15.6 Å². The molecule has 29 heavy (non-hydrogen) atoms. The van der Waals surface area contributed by atoms with Crippen molar-refractivity contribution < 1.29 is 14.3 Å². The number of fused-ring (bicyclic) bond motifs is 1. The van der Waals surface area contributed by atoms with Crippen LogP contribution in [-0.2, 0) is 11.3 Å². The van der Waals surface area contributed by atoms with Gasteiger partial charge in [-0.25, -0.2) is 9.78 Å². The van der Waals surface area contributed by atoms with E-state index >= 15 is 0 Å². The van der Waals surface area contributed by atoms with Crippen molar-refractivity contribution in [2.75, 3.05) is 26.7 Å². The lowest BCUT2D eigenvalue weighted by Crippen LogP contribution is -2.46. The van der Waals surface area contributed by atoms with Gasteiger partial charge in [0.25, 0.3) is 5.56 Å². The minimum Gasteiger partial charge on any atom is -0.481 e. The van der Waals surface area contributed by atoms with Gasteiger partial charge in [0.2, 0.25) is 5.88 Å². The van der Waals surface area contributed by atoms with E-state index in [1.54, 1.807) is 29.9 Å². The number of pyridine rings is 2. The van der Waals surface area contributed by atoms with Crippen LogP contribution in [0.2, 0.25) is 0 Å². The lowest BCUT2D eigenvalue weighted by molar-refractivity contribution is 0.0478. The van der Waals surface area contributed by atoms with Gasteiger partial charge in [-0.2, -0.15) is 0 Å². The number of carbonyl (C=O) groups is 1. The monoisotopic (exact) mass is 402 g/mol. The summed E-state index contributed by atoms with van der Waals surface area (Å²) < 4.78 is 12.2. The maximum atomic E-state index is 12.4. The Labute approximate surface area is 170 Å². The minimum absolute atomic E-state index is 0.0362. The highest BCUT2D eigenvalue weighted by molar-refractivity contribution is 5.75. The second-order valence-electron chi connectivity index (χ2n) is 8.34. The first-order valence-electron chi connectivity index (χ1n) is 10.0. The normalized spacial score (nSPS) is 16.0. The maximum Gasteiger partial charge on any atom is 0.407 e. The van der Waals surface area contributed by atoms with Crippen molar-refractivity contribution in [3.8, 4) is 5.88 Å². The zero-order chi connectivity index (χ0) is 21.0. The van der Waals surface area contributed by atoms with E-state index in [1.165, 1.54) is 0 Å². The summed E-state index contributed by atoms with van der Waals surface area (Å²) in [4.78, 5) is 31.0. The number of methoxy groups -OCH3 is 1. The van der Waals surface area contributed by atoms with Crippen molar-refractivity contribution in [3.63, 3.8) is 0 Å². The SMILES string of the molecule is COc1ccc2c(ccc(=O)n2CCN2CCC(NC(=O)OC(C)(C)C)CC2)n1. The van der Waals surface area contributed by atoms with Crippen LogP contribution in [0.1, 0.15) is 33.6 Å². The van der Waals surface area contributed by atoms with Crippen LogP contribution >= 0.6 is 0 Å². The molecule has 0 unspecified atom stereocenters. The zero-order valence-corrected chi connectivity index (χ0v) is 17.6. The average Bonchev–Trinajstić information content (AvgIpc) is 2.66. The molecular weight excluding hydrogens is 372 g/mol. The average molecular weight is 402 g/mol. The number of rotatable bonds is 5. The smallest absolute Gasteiger partial charge is 0.407 e. The third kappa shape index (κ3) is 5.69. The molecule has 3 heterocycles. The molecule has 2 aromatic rings. The largest absolute Gasteiger partial charge is 0.481 e. The lowest BCUT2D eigenvalue weighted by atomic mass is 10.1. The van der Waals surface area contributed by atoms with E-state index < -0.39 is 5.60 Å².